The number of carboxylic acids is 1. The molecule has 1 aromatic carbocycles. The third-order valence-corrected chi connectivity index (χ3v) is 3.19. The summed E-state index contributed by atoms with van der Waals surface area (Å²) in [7, 11) is 1.53. The molecule has 2 aromatic rings. The zero-order chi connectivity index (χ0) is 14.7. The molecule has 2 rings (SSSR count). The summed E-state index contributed by atoms with van der Waals surface area (Å²) in [5.41, 5.74) is 0.790. The summed E-state index contributed by atoms with van der Waals surface area (Å²) in [6, 6.07) is 7.99. The smallest absolute Gasteiger partial charge is 0.337 e. The van der Waals surface area contributed by atoms with Crippen molar-refractivity contribution in [3.63, 3.8) is 0 Å². The van der Waals surface area contributed by atoms with Crippen molar-refractivity contribution in [1.29, 1.82) is 0 Å². The first kappa shape index (κ1) is 14.2. The Balaban J connectivity index is 2.39. The predicted octanol–water partition coefficient (Wildman–Crippen LogP) is 2.82. The Morgan fingerprint density at radius 3 is 2.60 bits per heavy atom. The van der Waals surface area contributed by atoms with E-state index in [1.807, 2.05) is 0 Å². The van der Waals surface area contributed by atoms with Crippen LogP contribution >= 0.6 is 15.9 Å². The second-order valence-electron chi connectivity index (χ2n) is 4.08. The average Bonchev–Trinajstić information content (AvgIpc) is 2.45. The van der Waals surface area contributed by atoms with Crippen molar-refractivity contribution in [2.75, 3.05) is 11.9 Å². The highest BCUT2D eigenvalue weighted by atomic mass is 79.9. The third-order valence-electron chi connectivity index (χ3n) is 2.75. The number of carbonyl (C=O) groups is 2. The van der Waals surface area contributed by atoms with E-state index in [4.69, 9.17) is 5.11 Å². The van der Waals surface area contributed by atoms with Crippen molar-refractivity contribution in [2.45, 2.75) is 0 Å². The number of carboxylic acid groups (broad SMARTS) is 1. The molecule has 0 saturated carbocycles. The lowest BCUT2D eigenvalue weighted by Gasteiger charge is -2.19. The van der Waals surface area contributed by atoms with Crippen LogP contribution in [0.25, 0.3) is 0 Å². The lowest BCUT2D eigenvalue weighted by molar-refractivity contribution is 0.0697. The van der Waals surface area contributed by atoms with Crippen molar-refractivity contribution >= 4 is 33.5 Å². The van der Waals surface area contributed by atoms with Gasteiger partial charge in [-0.25, -0.2) is 4.79 Å². The maximum Gasteiger partial charge on any atom is 0.337 e. The summed E-state index contributed by atoms with van der Waals surface area (Å²) in [5, 5.41) is 9.15. The van der Waals surface area contributed by atoms with Crippen LogP contribution in [-0.2, 0) is 0 Å². The van der Waals surface area contributed by atoms with Crippen LogP contribution in [0.3, 0.4) is 0 Å². The second kappa shape index (κ2) is 5.83. The molecule has 1 heterocycles. The maximum atomic E-state index is 12.3. The molecule has 20 heavy (non-hydrogen) atoms. The number of para-hydroxylation sites is 1. The Morgan fingerprint density at radius 2 is 1.95 bits per heavy atom. The number of benzene rings is 1. The normalized spacial score (nSPS) is 10.1. The van der Waals surface area contributed by atoms with Gasteiger partial charge in [-0.15, -0.1) is 0 Å². The van der Waals surface area contributed by atoms with Gasteiger partial charge in [-0.2, -0.15) is 0 Å². The molecule has 1 N–H and O–H groups in total. The molecule has 5 nitrogen and oxygen atoms in total. The Hall–Kier alpha value is -2.21. The fraction of sp³-hybridized carbons (Fsp3) is 0.0714. The highest BCUT2D eigenvalue weighted by Gasteiger charge is 2.19. The summed E-state index contributed by atoms with van der Waals surface area (Å²) < 4.78 is 0.684. The molecule has 0 fully saturated rings. The number of halogens is 1. The van der Waals surface area contributed by atoms with Crippen molar-refractivity contribution in [3.8, 4) is 0 Å². The van der Waals surface area contributed by atoms with E-state index in [0.29, 0.717) is 15.7 Å². The fourth-order valence-electron chi connectivity index (χ4n) is 1.78. The van der Waals surface area contributed by atoms with Gasteiger partial charge in [0.25, 0.3) is 5.91 Å². The number of pyridine rings is 1. The number of nitrogens with zero attached hydrogens (tertiary/aromatic N) is 2. The van der Waals surface area contributed by atoms with Gasteiger partial charge in [-0.1, -0.05) is 12.1 Å². The number of aromatic carboxylic acids is 1. The number of aromatic nitrogens is 1. The molecule has 0 aliphatic rings. The minimum atomic E-state index is -1.08. The van der Waals surface area contributed by atoms with Crippen LogP contribution in [0, 0.1) is 0 Å². The van der Waals surface area contributed by atoms with Crippen LogP contribution in [0.1, 0.15) is 20.7 Å². The third kappa shape index (κ3) is 2.85. The largest absolute Gasteiger partial charge is 0.478 e. The Morgan fingerprint density at radius 1 is 1.25 bits per heavy atom. The van der Waals surface area contributed by atoms with Crippen LogP contribution in [0.2, 0.25) is 0 Å². The van der Waals surface area contributed by atoms with E-state index in [-0.39, 0.29) is 11.5 Å². The van der Waals surface area contributed by atoms with E-state index in [2.05, 4.69) is 20.9 Å². The van der Waals surface area contributed by atoms with Crippen molar-refractivity contribution in [2.24, 2.45) is 0 Å². The molecular formula is C14H11BrN2O3. The van der Waals surface area contributed by atoms with Gasteiger partial charge in [0.05, 0.1) is 16.8 Å². The Bertz CT molecular complexity index is 673. The average molecular weight is 335 g/mol. The van der Waals surface area contributed by atoms with Gasteiger partial charge < -0.3 is 10.0 Å². The number of hydrogen-bond acceptors (Lipinski definition) is 3. The summed E-state index contributed by atoms with van der Waals surface area (Å²) in [4.78, 5) is 28.8. The minimum Gasteiger partial charge on any atom is -0.478 e. The van der Waals surface area contributed by atoms with Crippen LogP contribution in [-0.4, -0.2) is 29.0 Å². The zero-order valence-corrected chi connectivity index (χ0v) is 12.2. The van der Waals surface area contributed by atoms with Gasteiger partial charge in [-0.3, -0.25) is 9.78 Å². The Labute approximate surface area is 124 Å². The van der Waals surface area contributed by atoms with E-state index in [1.165, 1.54) is 24.2 Å². The Kier molecular flexibility index (Phi) is 4.14. The molecule has 0 aliphatic carbocycles. The van der Waals surface area contributed by atoms with Crippen LogP contribution < -0.4 is 4.90 Å². The van der Waals surface area contributed by atoms with Gasteiger partial charge in [-0.05, 0) is 34.1 Å². The number of hydrogen-bond donors (Lipinski definition) is 1. The van der Waals surface area contributed by atoms with Gasteiger partial charge in [0, 0.05) is 23.9 Å². The summed E-state index contributed by atoms with van der Waals surface area (Å²) >= 11 is 3.25. The maximum absolute atomic E-state index is 12.3. The number of carbonyl (C=O) groups excluding carboxylic acids is 1. The fourth-order valence-corrected chi connectivity index (χ4v) is 2.14. The molecular weight excluding hydrogens is 324 g/mol. The molecule has 0 atom stereocenters. The number of anilines is 1. The molecule has 0 aliphatic heterocycles. The summed E-state index contributed by atoms with van der Waals surface area (Å²) in [6.45, 7) is 0. The van der Waals surface area contributed by atoms with Crippen LogP contribution in [0.15, 0.2) is 47.2 Å². The first-order valence-corrected chi connectivity index (χ1v) is 6.51. The number of rotatable bonds is 3. The molecule has 0 spiro atoms. The van der Waals surface area contributed by atoms with E-state index >= 15 is 0 Å². The molecule has 102 valence electrons. The van der Waals surface area contributed by atoms with Gasteiger partial charge in [0.1, 0.15) is 0 Å². The first-order chi connectivity index (χ1) is 9.50. The van der Waals surface area contributed by atoms with Gasteiger partial charge in [0.2, 0.25) is 0 Å². The molecule has 0 bridgehead atoms. The molecule has 6 heteroatoms. The highest BCUT2D eigenvalue weighted by molar-refractivity contribution is 9.10. The van der Waals surface area contributed by atoms with E-state index in [1.54, 1.807) is 30.5 Å². The summed E-state index contributed by atoms with van der Waals surface area (Å²) in [6.07, 6.45) is 3.01. The lowest BCUT2D eigenvalue weighted by atomic mass is 10.1. The predicted molar refractivity (Wildman–Crippen MR) is 78.1 cm³/mol. The minimum absolute atomic E-state index is 0.0753. The zero-order valence-electron chi connectivity index (χ0n) is 10.6. The van der Waals surface area contributed by atoms with E-state index < -0.39 is 5.97 Å². The molecule has 0 saturated heterocycles. The first-order valence-electron chi connectivity index (χ1n) is 5.71. The molecule has 1 amide bonds. The van der Waals surface area contributed by atoms with Crippen LogP contribution in [0.5, 0.6) is 0 Å². The second-order valence-corrected chi connectivity index (χ2v) is 4.99. The standard InChI is InChI=1S/C14H11BrN2O3/c1-17(12-5-3-2-4-11(12)14(19)20)13(18)9-6-10(15)8-16-7-9/h2-8H,1H3,(H,19,20). The quantitative estimate of drug-likeness (QED) is 0.936. The topological polar surface area (TPSA) is 70.5 Å². The van der Waals surface area contributed by atoms with Crippen LogP contribution in [0.4, 0.5) is 5.69 Å². The SMILES string of the molecule is CN(C(=O)c1cncc(Br)c1)c1ccccc1C(=O)O. The van der Waals surface area contributed by atoms with E-state index in [0.717, 1.165) is 0 Å². The highest BCUT2D eigenvalue weighted by Crippen LogP contribution is 2.21. The molecule has 1 aromatic heterocycles. The van der Waals surface area contributed by atoms with Gasteiger partial charge in [0.15, 0.2) is 0 Å². The monoisotopic (exact) mass is 334 g/mol. The molecule has 0 unspecified atom stereocenters. The lowest BCUT2D eigenvalue weighted by Crippen LogP contribution is -2.28. The van der Waals surface area contributed by atoms with E-state index in [9.17, 15) is 9.59 Å². The number of amides is 1. The van der Waals surface area contributed by atoms with Crippen molar-refractivity contribution in [1.82, 2.24) is 4.98 Å². The van der Waals surface area contributed by atoms with Gasteiger partial charge >= 0.3 is 5.97 Å². The summed E-state index contributed by atoms with van der Waals surface area (Å²) in [5.74, 6) is -1.40. The molecule has 0 radical (unpaired) electrons. The van der Waals surface area contributed by atoms with Crippen molar-refractivity contribution < 1.29 is 14.7 Å². The van der Waals surface area contributed by atoms with Crippen molar-refractivity contribution in [3.05, 3.63) is 58.3 Å².